The maximum Gasteiger partial charge on any atom is 0.492 e. The highest BCUT2D eigenvalue weighted by atomic mass is 16.5. The first-order valence-electron chi connectivity index (χ1n) is 7.54. The highest BCUT2D eigenvalue weighted by Crippen LogP contribution is 2.30. The topological polar surface area (TPSA) is 58.6 Å². The number of carbonyl (C=O) groups excluding carboxylic acids is 1. The summed E-state index contributed by atoms with van der Waals surface area (Å²) >= 11 is 0. The van der Waals surface area contributed by atoms with E-state index in [4.69, 9.17) is 4.65 Å². The minimum atomic E-state index is -0.966. The number of fused-ring (bicyclic) bond motifs is 1. The number of benzene rings is 1. The molecule has 5 heteroatoms. The van der Waals surface area contributed by atoms with Crippen LogP contribution in [0, 0.1) is 0 Å². The fourth-order valence-electron chi connectivity index (χ4n) is 2.43. The zero-order valence-corrected chi connectivity index (χ0v) is 14.0. The van der Waals surface area contributed by atoms with Crippen LogP contribution in [0.1, 0.15) is 33.3 Å². The third kappa shape index (κ3) is 3.81. The van der Waals surface area contributed by atoms with Gasteiger partial charge in [-0.2, -0.15) is 0 Å². The lowest BCUT2D eigenvalue weighted by Gasteiger charge is -2.19. The molecule has 1 amide bonds. The number of carbonyl (C=O) groups is 1. The Morgan fingerprint density at radius 3 is 2.70 bits per heavy atom. The molecule has 4 nitrogen and oxygen atoms in total. The van der Waals surface area contributed by atoms with Crippen molar-refractivity contribution in [1.29, 1.82) is 0 Å². The molecule has 0 saturated heterocycles. The predicted molar refractivity (Wildman–Crippen MR) is 94.5 cm³/mol. The lowest BCUT2D eigenvalue weighted by atomic mass is 9.78. The molecule has 2 rings (SSSR count). The third-order valence-corrected chi connectivity index (χ3v) is 3.91. The summed E-state index contributed by atoms with van der Waals surface area (Å²) < 4.78 is 5.52. The highest BCUT2D eigenvalue weighted by molar-refractivity contribution is 6.62. The average molecular weight is 311 g/mol. The number of nitrogens with one attached hydrogen (secondary N) is 1. The summed E-state index contributed by atoms with van der Waals surface area (Å²) in [6, 6.07) is 5.45. The smallest absolute Gasteiger partial charge is 0.423 e. The van der Waals surface area contributed by atoms with Crippen molar-refractivity contribution in [2.75, 3.05) is 5.32 Å². The standard InChI is InChI=1S/C18H22BNO3/c1-6-12(2)7-8-13(3)17(21)20-14-9-10-15-16(11-14)19(22)23-18(15,4)5/h6-11,22H,1H2,2-5H3,(H,20,21)/b12-7-,13-8+. The average Bonchev–Trinajstić information content (AvgIpc) is 2.73. The summed E-state index contributed by atoms with van der Waals surface area (Å²) in [5, 5.41) is 12.8. The summed E-state index contributed by atoms with van der Waals surface area (Å²) in [4.78, 5) is 12.2. The van der Waals surface area contributed by atoms with Crippen LogP contribution in [0.5, 0.6) is 0 Å². The minimum absolute atomic E-state index is 0.189. The molecule has 0 radical (unpaired) electrons. The summed E-state index contributed by atoms with van der Waals surface area (Å²) in [6.45, 7) is 11.1. The van der Waals surface area contributed by atoms with E-state index in [0.717, 1.165) is 11.1 Å². The number of amides is 1. The van der Waals surface area contributed by atoms with Gasteiger partial charge in [0.05, 0.1) is 5.60 Å². The third-order valence-electron chi connectivity index (χ3n) is 3.91. The van der Waals surface area contributed by atoms with Crippen LogP contribution >= 0.6 is 0 Å². The largest absolute Gasteiger partial charge is 0.492 e. The number of allylic oxidation sites excluding steroid dienone is 4. The Balaban J connectivity index is 2.18. The Labute approximate surface area is 137 Å². The number of hydrogen-bond acceptors (Lipinski definition) is 3. The van der Waals surface area contributed by atoms with Crippen molar-refractivity contribution in [3.63, 3.8) is 0 Å². The first kappa shape index (κ1) is 17.3. The van der Waals surface area contributed by atoms with Crippen LogP contribution in [-0.2, 0) is 15.0 Å². The Morgan fingerprint density at radius 1 is 1.35 bits per heavy atom. The molecule has 0 spiro atoms. The van der Waals surface area contributed by atoms with E-state index in [9.17, 15) is 9.82 Å². The van der Waals surface area contributed by atoms with Gasteiger partial charge in [-0.15, -0.1) is 0 Å². The second-order valence-corrected chi connectivity index (χ2v) is 6.20. The molecule has 0 aliphatic carbocycles. The maximum absolute atomic E-state index is 12.2. The van der Waals surface area contributed by atoms with Crippen LogP contribution in [-0.4, -0.2) is 18.0 Å². The van der Waals surface area contributed by atoms with Crippen molar-refractivity contribution in [1.82, 2.24) is 0 Å². The van der Waals surface area contributed by atoms with Gasteiger partial charge < -0.3 is 15.0 Å². The minimum Gasteiger partial charge on any atom is -0.423 e. The van der Waals surface area contributed by atoms with Crippen molar-refractivity contribution >= 4 is 24.2 Å². The second kappa shape index (κ2) is 6.56. The Bertz CT molecular complexity index is 704. The first-order valence-corrected chi connectivity index (χ1v) is 7.54. The van der Waals surface area contributed by atoms with E-state index >= 15 is 0 Å². The monoisotopic (exact) mass is 311 g/mol. The van der Waals surface area contributed by atoms with Crippen molar-refractivity contribution < 1.29 is 14.5 Å². The lowest BCUT2D eigenvalue weighted by molar-refractivity contribution is -0.112. The van der Waals surface area contributed by atoms with Gasteiger partial charge in [-0.25, -0.2) is 0 Å². The SMILES string of the molecule is C=C/C(C)=C\C=C(/C)C(=O)Nc1ccc2c(c1)B(O)OC2(C)C. The molecular formula is C18H22BNO3. The highest BCUT2D eigenvalue weighted by Gasteiger charge is 2.40. The second-order valence-electron chi connectivity index (χ2n) is 6.20. The quantitative estimate of drug-likeness (QED) is 0.510. The summed E-state index contributed by atoms with van der Waals surface area (Å²) in [5.74, 6) is -0.189. The molecule has 1 aliphatic rings. The van der Waals surface area contributed by atoms with Crippen LogP contribution in [0.4, 0.5) is 5.69 Å². The molecule has 1 aromatic carbocycles. The van der Waals surface area contributed by atoms with Gasteiger partial charge in [0.2, 0.25) is 0 Å². The fourth-order valence-corrected chi connectivity index (χ4v) is 2.43. The Morgan fingerprint density at radius 2 is 2.04 bits per heavy atom. The zero-order valence-electron chi connectivity index (χ0n) is 14.0. The van der Waals surface area contributed by atoms with Crippen LogP contribution < -0.4 is 10.8 Å². The van der Waals surface area contributed by atoms with Crippen molar-refractivity contribution in [3.8, 4) is 0 Å². The summed E-state index contributed by atoms with van der Waals surface area (Å²) in [5.41, 5.74) is 3.30. The molecule has 23 heavy (non-hydrogen) atoms. The molecule has 0 atom stereocenters. The van der Waals surface area contributed by atoms with Gasteiger partial charge in [0, 0.05) is 11.3 Å². The van der Waals surface area contributed by atoms with E-state index in [0.29, 0.717) is 16.7 Å². The Kier molecular flexibility index (Phi) is 4.92. The molecule has 0 unspecified atom stereocenters. The molecule has 0 bridgehead atoms. The van der Waals surface area contributed by atoms with Crippen LogP contribution in [0.25, 0.3) is 0 Å². The van der Waals surface area contributed by atoms with Crippen LogP contribution in [0.2, 0.25) is 0 Å². The van der Waals surface area contributed by atoms with Gasteiger partial charge in [0.25, 0.3) is 5.91 Å². The molecule has 120 valence electrons. The molecule has 1 aromatic rings. The summed E-state index contributed by atoms with van der Waals surface area (Å²) in [7, 11) is -0.966. The number of anilines is 1. The van der Waals surface area contributed by atoms with Gasteiger partial charge >= 0.3 is 7.12 Å². The molecule has 1 aliphatic heterocycles. The van der Waals surface area contributed by atoms with E-state index in [-0.39, 0.29) is 5.91 Å². The molecular weight excluding hydrogens is 289 g/mol. The van der Waals surface area contributed by atoms with Crippen molar-refractivity contribution in [3.05, 3.63) is 59.7 Å². The van der Waals surface area contributed by atoms with Gasteiger partial charge in [0.1, 0.15) is 0 Å². The van der Waals surface area contributed by atoms with Gasteiger partial charge in [-0.05, 0) is 50.9 Å². The molecule has 0 saturated carbocycles. The van der Waals surface area contributed by atoms with Crippen molar-refractivity contribution in [2.45, 2.75) is 33.3 Å². The van der Waals surface area contributed by atoms with E-state index in [1.807, 2.05) is 39.0 Å². The summed E-state index contributed by atoms with van der Waals surface area (Å²) in [6.07, 6.45) is 5.32. The normalized spacial score (nSPS) is 17.0. The van der Waals surface area contributed by atoms with E-state index in [2.05, 4.69) is 11.9 Å². The maximum atomic E-state index is 12.2. The van der Waals surface area contributed by atoms with Crippen molar-refractivity contribution in [2.24, 2.45) is 0 Å². The van der Waals surface area contributed by atoms with E-state index < -0.39 is 12.7 Å². The number of rotatable bonds is 4. The predicted octanol–water partition coefficient (Wildman–Crippen LogP) is 2.66. The molecule has 1 heterocycles. The van der Waals surface area contributed by atoms with E-state index in [1.165, 1.54) is 0 Å². The fraction of sp³-hybridized carbons (Fsp3) is 0.278. The van der Waals surface area contributed by atoms with Crippen LogP contribution in [0.3, 0.4) is 0 Å². The number of hydrogen-bond donors (Lipinski definition) is 2. The van der Waals surface area contributed by atoms with Crippen LogP contribution in [0.15, 0.2) is 54.2 Å². The van der Waals surface area contributed by atoms with Gasteiger partial charge in [-0.1, -0.05) is 36.4 Å². The Hall–Kier alpha value is -2.11. The molecule has 0 fully saturated rings. The van der Waals surface area contributed by atoms with Gasteiger partial charge in [-0.3, -0.25) is 4.79 Å². The molecule has 0 aromatic heterocycles. The first-order chi connectivity index (χ1) is 10.7. The zero-order chi connectivity index (χ0) is 17.2. The van der Waals surface area contributed by atoms with E-state index in [1.54, 1.807) is 25.1 Å². The molecule has 2 N–H and O–H groups in total. The lowest BCUT2D eigenvalue weighted by Crippen LogP contribution is -2.29. The van der Waals surface area contributed by atoms with Gasteiger partial charge in [0.15, 0.2) is 0 Å².